The van der Waals surface area contributed by atoms with E-state index in [0.29, 0.717) is 0 Å². The number of hydrogen-bond donors (Lipinski definition) is 2. The number of benzene rings is 1. The van der Waals surface area contributed by atoms with Crippen LogP contribution in [0.5, 0.6) is 0 Å². The van der Waals surface area contributed by atoms with E-state index in [1.54, 1.807) is 11.9 Å². The molecule has 6 nitrogen and oxygen atoms in total. The highest BCUT2D eigenvalue weighted by atomic mass is 19.4. The number of hydrogen-bond acceptors (Lipinski definition) is 3. The summed E-state index contributed by atoms with van der Waals surface area (Å²) < 4.78 is 79.0. The van der Waals surface area contributed by atoms with E-state index >= 15 is 0 Å². The topological polar surface area (TPSA) is 83.5 Å². The third-order valence-electron chi connectivity index (χ3n) is 4.17. The highest BCUT2D eigenvalue weighted by Gasteiger charge is 2.39. The van der Waals surface area contributed by atoms with Crippen LogP contribution in [0.15, 0.2) is 33.9 Å². The van der Waals surface area contributed by atoms with Crippen LogP contribution in [0, 0.1) is 0 Å². The van der Waals surface area contributed by atoms with Crippen LogP contribution in [-0.4, -0.2) is 19.7 Å². The van der Waals surface area contributed by atoms with E-state index in [2.05, 4.69) is 10.1 Å². The maximum atomic E-state index is 13.3. The molecule has 2 heterocycles. The van der Waals surface area contributed by atoms with Crippen molar-refractivity contribution in [1.82, 2.24) is 19.7 Å². The predicted octanol–water partition coefficient (Wildman–Crippen LogP) is 3.45. The molecule has 3 rings (SSSR count). The second-order valence-corrected chi connectivity index (χ2v) is 5.97. The second kappa shape index (κ2) is 6.53. The third kappa shape index (κ3) is 3.41. The Morgan fingerprint density at radius 2 is 1.61 bits per heavy atom. The van der Waals surface area contributed by atoms with Gasteiger partial charge in [-0.1, -0.05) is 19.1 Å². The lowest BCUT2D eigenvalue weighted by atomic mass is 10.0. The van der Waals surface area contributed by atoms with Crippen LogP contribution in [-0.2, 0) is 12.4 Å². The first-order chi connectivity index (χ1) is 12.9. The smallest absolute Gasteiger partial charge is 0.291 e. The maximum Gasteiger partial charge on any atom is 0.436 e. The quantitative estimate of drug-likeness (QED) is 0.654. The Bertz CT molecular complexity index is 1120. The fraction of sp³-hybridized carbons (Fsp3) is 0.312. The van der Waals surface area contributed by atoms with Crippen molar-refractivity contribution in [3.8, 4) is 0 Å². The number of fused-ring (bicyclic) bond motifs is 1. The summed E-state index contributed by atoms with van der Waals surface area (Å²) in [4.78, 5) is 27.3. The third-order valence-corrected chi connectivity index (χ3v) is 4.17. The van der Waals surface area contributed by atoms with Gasteiger partial charge in [-0.3, -0.25) is 14.8 Å². The first kappa shape index (κ1) is 19.7. The molecule has 0 unspecified atom stereocenters. The molecule has 2 aromatic heterocycles. The molecule has 0 amide bonds. The van der Waals surface area contributed by atoms with Crippen LogP contribution in [0.25, 0.3) is 11.0 Å². The molecule has 0 bridgehead atoms. The Hall–Kier alpha value is -3.05. The van der Waals surface area contributed by atoms with Crippen molar-refractivity contribution in [3.05, 3.63) is 61.9 Å². The lowest BCUT2D eigenvalue weighted by Crippen LogP contribution is -2.24. The van der Waals surface area contributed by atoms with Crippen molar-refractivity contribution in [2.75, 3.05) is 0 Å². The van der Waals surface area contributed by atoms with E-state index in [4.69, 9.17) is 0 Å². The van der Waals surface area contributed by atoms with E-state index in [1.807, 2.05) is 0 Å². The molecule has 0 saturated carbocycles. The van der Waals surface area contributed by atoms with Crippen LogP contribution in [0.1, 0.15) is 36.2 Å². The van der Waals surface area contributed by atoms with Crippen molar-refractivity contribution in [2.45, 2.75) is 31.7 Å². The van der Waals surface area contributed by atoms with E-state index in [1.165, 1.54) is 0 Å². The molecule has 12 heteroatoms. The van der Waals surface area contributed by atoms with Gasteiger partial charge in [0, 0.05) is 0 Å². The highest BCUT2D eigenvalue weighted by Crippen LogP contribution is 2.35. The van der Waals surface area contributed by atoms with Gasteiger partial charge in [0.25, 0.3) is 5.56 Å². The van der Waals surface area contributed by atoms with Crippen molar-refractivity contribution in [2.24, 2.45) is 0 Å². The number of aromatic nitrogens is 4. The largest absolute Gasteiger partial charge is 0.436 e. The van der Waals surface area contributed by atoms with Gasteiger partial charge in [0.2, 0.25) is 0 Å². The van der Waals surface area contributed by atoms with Crippen LogP contribution >= 0.6 is 0 Å². The molecule has 0 aliphatic rings. The number of H-pyrrole nitrogens is 2. The van der Waals surface area contributed by atoms with Crippen molar-refractivity contribution < 1.29 is 26.3 Å². The van der Waals surface area contributed by atoms with Gasteiger partial charge < -0.3 is 0 Å². The summed E-state index contributed by atoms with van der Waals surface area (Å²) in [6.07, 6.45) is -9.41. The summed E-state index contributed by atoms with van der Waals surface area (Å²) in [5, 5.41) is 2.61. The number of alkyl halides is 6. The Morgan fingerprint density at radius 1 is 1.00 bits per heavy atom. The highest BCUT2D eigenvalue weighted by molar-refractivity contribution is 5.77. The summed E-state index contributed by atoms with van der Waals surface area (Å²) in [6, 6.07) is 2.87. The van der Waals surface area contributed by atoms with Crippen molar-refractivity contribution in [1.29, 1.82) is 0 Å². The van der Waals surface area contributed by atoms with Gasteiger partial charge in [0.05, 0.1) is 11.6 Å². The molecular formula is C16H12F6N4O2. The van der Waals surface area contributed by atoms with Gasteiger partial charge in [0.15, 0.2) is 5.69 Å². The Labute approximate surface area is 151 Å². The summed E-state index contributed by atoms with van der Waals surface area (Å²) >= 11 is 0. The van der Waals surface area contributed by atoms with Crippen LogP contribution in [0.2, 0.25) is 0 Å². The summed E-state index contributed by atoms with van der Waals surface area (Å²) in [7, 11) is 0. The minimum atomic E-state index is -4.98. The molecule has 2 N–H and O–H groups in total. The molecule has 0 aliphatic heterocycles. The number of halogens is 6. The van der Waals surface area contributed by atoms with Gasteiger partial charge >= 0.3 is 18.0 Å². The molecule has 0 aliphatic carbocycles. The zero-order valence-corrected chi connectivity index (χ0v) is 14.1. The molecule has 0 radical (unpaired) electrons. The minimum Gasteiger partial charge on any atom is -0.291 e. The number of rotatable bonds is 3. The zero-order valence-electron chi connectivity index (χ0n) is 14.1. The lowest BCUT2D eigenvalue weighted by molar-refractivity contribution is -0.140. The lowest BCUT2D eigenvalue weighted by Gasteiger charge is -2.18. The van der Waals surface area contributed by atoms with Crippen LogP contribution < -0.4 is 11.2 Å². The molecule has 1 aromatic carbocycles. The monoisotopic (exact) mass is 406 g/mol. The fourth-order valence-corrected chi connectivity index (χ4v) is 2.94. The first-order valence-electron chi connectivity index (χ1n) is 7.92. The second-order valence-electron chi connectivity index (χ2n) is 5.97. The Kier molecular flexibility index (Phi) is 4.60. The SMILES string of the molecule is CC[C@@H](c1ccc(C(F)(F)F)cc1)n1nc(C(F)(F)F)c2c(=O)[nH]c(=O)[nH]c21. The standard InChI is InChI=1S/C16H12F6N4O2/c1-2-9(7-3-5-8(6-4-7)15(17,18)19)26-12-10(11(25-26)16(20,21)22)13(27)24-14(28)23-12/h3-6,9H,2H2,1H3,(H2,23,24,27,28)/t9-/m0/s1. The Balaban J connectivity index is 2.24. The van der Waals surface area contributed by atoms with Gasteiger partial charge in [0.1, 0.15) is 11.0 Å². The maximum absolute atomic E-state index is 13.3. The molecule has 3 aromatic rings. The molecule has 28 heavy (non-hydrogen) atoms. The number of nitrogens with zero attached hydrogens (tertiary/aromatic N) is 2. The molecule has 0 fully saturated rings. The molecule has 0 spiro atoms. The van der Waals surface area contributed by atoms with E-state index in [0.717, 1.165) is 28.9 Å². The number of aromatic amines is 2. The van der Waals surface area contributed by atoms with Crippen LogP contribution in [0.3, 0.4) is 0 Å². The van der Waals surface area contributed by atoms with Gasteiger partial charge in [-0.25, -0.2) is 9.48 Å². The average molecular weight is 406 g/mol. The number of nitrogens with one attached hydrogen (secondary N) is 2. The molecule has 1 atom stereocenters. The average Bonchev–Trinajstić information content (AvgIpc) is 2.95. The van der Waals surface area contributed by atoms with E-state index < -0.39 is 51.9 Å². The van der Waals surface area contributed by atoms with Crippen molar-refractivity contribution in [3.63, 3.8) is 0 Å². The zero-order chi connectivity index (χ0) is 20.9. The molecule has 150 valence electrons. The van der Waals surface area contributed by atoms with E-state index in [9.17, 15) is 35.9 Å². The van der Waals surface area contributed by atoms with E-state index in [-0.39, 0.29) is 12.0 Å². The molecular weight excluding hydrogens is 394 g/mol. The summed E-state index contributed by atoms with van der Waals surface area (Å²) in [5.41, 5.74) is -4.94. The molecule has 0 saturated heterocycles. The normalized spacial score (nSPS) is 13.8. The van der Waals surface area contributed by atoms with Crippen molar-refractivity contribution >= 4 is 11.0 Å². The first-order valence-corrected chi connectivity index (χ1v) is 7.92. The minimum absolute atomic E-state index is 0.133. The van der Waals surface area contributed by atoms with Crippen LogP contribution in [0.4, 0.5) is 26.3 Å². The van der Waals surface area contributed by atoms with Gasteiger partial charge in [-0.15, -0.1) is 0 Å². The predicted molar refractivity (Wildman–Crippen MR) is 85.9 cm³/mol. The fourth-order valence-electron chi connectivity index (χ4n) is 2.94. The Morgan fingerprint density at radius 3 is 2.11 bits per heavy atom. The summed E-state index contributed by atoms with van der Waals surface area (Å²) in [6.45, 7) is 1.58. The van der Waals surface area contributed by atoms with Gasteiger partial charge in [-0.2, -0.15) is 31.4 Å². The van der Waals surface area contributed by atoms with Gasteiger partial charge in [-0.05, 0) is 24.1 Å². The summed E-state index contributed by atoms with van der Waals surface area (Å²) in [5.74, 6) is 0.